The van der Waals surface area contributed by atoms with Crippen molar-refractivity contribution in [3.05, 3.63) is 78.2 Å². The Morgan fingerprint density at radius 2 is 1.73 bits per heavy atom. The van der Waals surface area contributed by atoms with Gasteiger partial charge in [-0.1, -0.05) is 18.2 Å². The summed E-state index contributed by atoms with van der Waals surface area (Å²) in [6.45, 7) is 0.246. The summed E-state index contributed by atoms with van der Waals surface area (Å²) >= 11 is 0. The largest absolute Gasteiger partial charge is 0.457 e. The predicted octanol–water partition coefficient (Wildman–Crippen LogP) is 4.94. The van der Waals surface area contributed by atoms with Crippen LogP contribution in [0.2, 0.25) is 0 Å². The number of H-pyrrole nitrogens is 1. The molecule has 168 valence electrons. The molecule has 0 aliphatic heterocycles. The fourth-order valence-corrected chi connectivity index (χ4v) is 4.39. The molecule has 0 radical (unpaired) electrons. The van der Waals surface area contributed by atoms with Crippen molar-refractivity contribution in [3.8, 4) is 11.5 Å². The summed E-state index contributed by atoms with van der Waals surface area (Å²) in [5.74, 6) is 2.36. The Morgan fingerprint density at radius 3 is 2.45 bits per heavy atom. The van der Waals surface area contributed by atoms with Gasteiger partial charge in [0.15, 0.2) is 5.78 Å². The maximum atomic E-state index is 13.3. The number of aliphatic hydroxyl groups is 1. The number of aliphatic hydroxyl groups excluding tert-OH is 1. The third kappa shape index (κ3) is 4.59. The van der Waals surface area contributed by atoms with Gasteiger partial charge in [-0.15, -0.1) is 0 Å². The number of hydrogen-bond acceptors (Lipinski definition) is 6. The first kappa shape index (κ1) is 21.2. The van der Waals surface area contributed by atoms with Crippen molar-refractivity contribution in [2.75, 3.05) is 11.9 Å². The van der Waals surface area contributed by atoms with Gasteiger partial charge in [0.2, 0.25) is 0 Å². The molecule has 1 aliphatic rings. The first-order valence-corrected chi connectivity index (χ1v) is 11.3. The molecular weight excluding hydrogens is 416 g/mol. The van der Waals surface area contributed by atoms with Crippen LogP contribution in [-0.4, -0.2) is 38.5 Å². The third-order valence-corrected chi connectivity index (χ3v) is 6.26. The summed E-state index contributed by atoms with van der Waals surface area (Å²) in [7, 11) is 0. The average molecular weight is 443 g/mol. The molecule has 5 rings (SSSR count). The van der Waals surface area contributed by atoms with Gasteiger partial charge < -0.3 is 20.1 Å². The SMILES string of the molecule is O=C(c1ccc(Oc2ccccc2)cc1)c1c[nH]c2ncnc(N[C@H]3CC[C@H](CO)CC3)c12. The van der Waals surface area contributed by atoms with E-state index in [1.165, 1.54) is 6.33 Å². The monoisotopic (exact) mass is 442 g/mol. The highest BCUT2D eigenvalue weighted by Crippen LogP contribution is 2.30. The van der Waals surface area contributed by atoms with Gasteiger partial charge >= 0.3 is 0 Å². The second kappa shape index (κ2) is 9.42. The molecule has 33 heavy (non-hydrogen) atoms. The van der Waals surface area contributed by atoms with Crippen molar-refractivity contribution in [2.45, 2.75) is 31.7 Å². The Kier molecular flexibility index (Phi) is 6.04. The molecule has 2 aromatic carbocycles. The zero-order chi connectivity index (χ0) is 22.6. The molecule has 3 N–H and O–H groups in total. The number of carbonyl (C=O) groups is 1. The molecule has 1 aliphatic carbocycles. The second-order valence-electron chi connectivity index (χ2n) is 8.46. The fraction of sp³-hybridized carbons (Fsp3) is 0.269. The van der Waals surface area contributed by atoms with E-state index in [0.717, 1.165) is 31.4 Å². The van der Waals surface area contributed by atoms with Crippen LogP contribution >= 0.6 is 0 Å². The topological polar surface area (TPSA) is 100 Å². The maximum absolute atomic E-state index is 13.3. The number of benzene rings is 2. The van der Waals surface area contributed by atoms with Crippen LogP contribution in [0.15, 0.2) is 67.1 Å². The number of hydrogen-bond donors (Lipinski definition) is 3. The number of nitrogens with one attached hydrogen (secondary N) is 2. The highest BCUT2D eigenvalue weighted by atomic mass is 16.5. The van der Waals surface area contributed by atoms with E-state index in [4.69, 9.17) is 4.74 Å². The number of para-hydroxylation sites is 1. The number of ether oxygens (including phenoxy) is 1. The summed E-state index contributed by atoms with van der Waals surface area (Å²) in [5.41, 5.74) is 1.73. The van der Waals surface area contributed by atoms with Gasteiger partial charge in [-0.2, -0.15) is 0 Å². The van der Waals surface area contributed by atoms with E-state index in [9.17, 15) is 9.90 Å². The number of ketones is 1. The Labute approximate surface area is 191 Å². The van der Waals surface area contributed by atoms with Crippen molar-refractivity contribution in [2.24, 2.45) is 5.92 Å². The van der Waals surface area contributed by atoms with Crippen LogP contribution in [0.4, 0.5) is 5.82 Å². The highest BCUT2D eigenvalue weighted by molar-refractivity contribution is 6.18. The van der Waals surface area contributed by atoms with Gasteiger partial charge in [-0.25, -0.2) is 9.97 Å². The van der Waals surface area contributed by atoms with Crippen LogP contribution in [0.25, 0.3) is 11.0 Å². The lowest BCUT2D eigenvalue weighted by Gasteiger charge is -2.28. The molecule has 7 heteroatoms. The van der Waals surface area contributed by atoms with Crippen molar-refractivity contribution >= 4 is 22.6 Å². The molecule has 0 amide bonds. The van der Waals surface area contributed by atoms with Gasteiger partial charge in [-0.3, -0.25) is 4.79 Å². The molecular formula is C26H26N4O3. The molecule has 7 nitrogen and oxygen atoms in total. The third-order valence-electron chi connectivity index (χ3n) is 6.26. The van der Waals surface area contributed by atoms with Crippen molar-refractivity contribution in [1.82, 2.24) is 15.0 Å². The van der Waals surface area contributed by atoms with E-state index in [-0.39, 0.29) is 18.4 Å². The molecule has 0 spiro atoms. The molecule has 4 aromatic rings. The molecule has 0 atom stereocenters. The van der Waals surface area contributed by atoms with E-state index in [1.54, 1.807) is 30.5 Å². The predicted molar refractivity (Wildman–Crippen MR) is 127 cm³/mol. The summed E-state index contributed by atoms with van der Waals surface area (Å²) in [6.07, 6.45) is 7.10. The Morgan fingerprint density at radius 1 is 1.00 bits per heavy atom. The lowest BCUT2D eigenvalue weighted by molar-refractivity contribution is 0.104. The number of carbonyl (C=O) groups excluding carboxylic acids is 1. The minimum Gasteiger partial charge on any atom is -0.457 e. The number of nitrogens with zero attached hydrogens (tertiary/aromatic N) is 2. The standard InChI is InChI=1S/C26H26N4O3/c31-15-17-6-10-19(11-7-17)30-26-23-22(14-27-25(23)28-16-29-26)24(32)18-8-12-21(13-9-18)33-20-4-2-1-3-5-20/h1-5,8-9,12-14,16-17,19,31H,6-7,10-11,15H2,(H2,27,28,29,30)/t17-,19-. The van der Waals surface area contributed by atoms with Gasteiger partial charge in [0, 0.05) is 24.4 Å². The molecule has 1 fully saturated rings. The summed E-state index contributed by atoms with van der Waals surface area (Å²) < 4.78 is 5.83. The second-order valence-corrected chi connectivity index (χ2v) is 8.46. The van der Waals surface area contributed by atoms with Crippen LogP contribution in [0.3, 0.4) is 0 Å². The molecule has 2 aromatic heterocycles. The van der Waals surface area contributed by atoms with Crippen LogP contribution in [0, 0.1) is 5.92 Å². The van der Waals surface area contributed by atoms with E-state index >= 15 is 0 Å². The van der Waals surface area contributed by atoms with E-state index < -0.39 is 0 Å². The number of fused-ring (bicyclic) bond motifs is 1. The fourth-order valence-electron chi connectivity index (χ4n) is 4.39. The lowest BCUT2D eigenvalue weighted by Crippen LogP contribution is -2.27. The summed E-state index contributed by atoms with van der Waals surface area (Å²) in [5, 5.41) is 13.6. The molecule has 2 heterocycles. The smallest absolute Gasteiger partial charge is 0.195 e. The Balaban J connectivity index is 1.36. The normalized spacial score (nSPS) is 18.2. The average Bonchev–Trinajstić information content (AvgIpc) is 3.30. The number of aromatic nitrogens is 3. The van der Waals surface area contributed by atoms with Gasteiger partial charge in [0.05, 0.1) is 10.9 Å². The Hall–Kier alpha value is -3.71. The van der Waals surface area contributed by atoms with Crippen LogP contribution in [0.1, 0.15) is 41.6 Å². The summed E-state index contributed by atoms with van der Waals surface area (Å²) in [4.78, 5) is 25.2. The van der Waals surface area contributed by atoms with Crippen LogP contribution < -0.4 is 10.1 Å². The first-order chi connectivity index (χ1) is 16.2. The molecule has 0 unspecified atom stereocenters. The molecule has 0 bridgehead atoms. The van der Waals surface area contributed by atoms with Gasteiger partial charge in [0.1, 0.15) is 29.3 Å². The van der Waals surface area contributed by atoms with Crippen molar-refractivity contribution in [3.63, 3.8) is 0 Å². The zero-order valence-corrected chi connectivity index (χ0v) is 18.2. The Bertz CT molecular complexity index is 1230. The van der Waals surface area contributed by atoms with Crippen molar-refractivity contribution < 1.29 is 14.6 Å². The molecule has 0 saturated heterocycles. The quantitative estimate of drug-likeness (QED) is 0.350. The van der Waals surface area contributed by atoms with E-state index in [0.29, 0.717) is 39.6 Å². The maximum Gasteiger partial charge on any atom is 0.195 e. The highest BCUT2D eigenvalue weighted by Gasteiger charge is 2.23. The van der Waals surface area contributed by atoms with E-state index in [2.05, 4.69) is 20.3 Å². The molecule has 1 saturated carbocycles. The zero-order valence-electron chi connectivity index (χ0n) is 18.2. The minimum absolute atomic E-state index is 0.102. The van der Waals surface area contributed by atoms with Gasteiger partial charge in [0.25, 0.3) is 0 Å². The van der Waals surface area contributed by atoms with Crippen molar-refractivity contribution in [1.29, 1.82) is 0 Å². The van der Waals surface area contributed by atoms with Crippen LogP contribution in [0.5, 0.6) is 11.5 Å². The first-order valence-electron chi connectivity index (χ1n) is 11.3. The number of anilines is 1. The summed E-state index contributed by atoms with van der Waals surface area (Å²) in [6, 6.07) is 16.9. The minimum atomic E-state index is -0.102. The van der Waals surface area contributed by atoms with Crippen LogP contribution in [-0.2, 0) is 0 Å². The number of rotatable bonds is 7. The number of aromatic amines is 1. The lowest BCUT2D eigenvalue weighted by atomic mass is 9.86. The van der Waals surface area contributed by atoms with Gasteiger partial charge in [-0.05, 0) is 68.0 Å². The van der Waals surface area contributed by atoms with E-state index in [1.807, 2.05) is 30.3 Å².